The molecular formula is C48H76Br2O2. The molecule has 0 saturated carbocycles. The van der Waals surface area contributed by atoms with E-state index in [1.165, 1.54) is 180 Å². The molecule has 0 bridgehead atoms. The van der Waals surface area contributed by atoms with Crippen LogP contribution in [0, 0.1) is 11.8 Å². The van der Waals surface area contributed by atoms with Crippen LogP contribution in [0.4, 0.5) is 0 Å². The van der Waals surface area contributed by atoms with Crippen LogP contribution in [0.5, 0.6) is 0 Å². The van der Waals surface area contributed by atoms with E-state index < -0.39 is 0 Å². The summed E-state index contributed by atoms with van der Waals surface area (Å²) >= 11 is 7.37. The van der Waals surface area contributed by atoms with Gasteiger partial charge in [0.1, 0.15) is 0 Å². The molecule has 0 aliphatic rings. The fourth-order valence-electron chi connectivity index (χ4n) is 8.91. The molecule has 0 aliphatic carbocycles. The van der Waals surface area contributed by atoms with E-state index in [1.807, 2.05) is 0 Å². The third-order valence-corrected chi connectivity index (χ3v) is 13.2. The maximum absolute atomic E-state index is 14.1. The highest BCUT2D eigenvalue weighted by Crippen LogP contribution is 2.39. The van der Waals surface area contributed by atoms with E-state index in [0.29, 0.717) is 20.8 Å². The normalized spacial score (nSPS) is 13.2. The van der Waals surface area contributed by atoms with E-state index in [4.69, 9.17) is 0 Å². The summed E-state index contributed by atoms with van der Waals surface area (Å²) < 4.78 is 1.32. The Morgan fingerprint density at radius 2 is 0.654 bits per heavy atom. The molecule has 0 aliphatic heterocycles. The van der Waals surface area contributed by atoms with Gasteiger partial charge in [0.05, 0.1) is 8.95 Å². The topological polar surface area (TPSA) is 34.1 Å². The summed E-state index contributed by atoms with van der Waals surface area (Å²) in [4.78, 5) is 28.1. The Morgan fingerprint density at radius 1 is 0.404 bits per heavy atom. The van der Waals surface area contributed by atoms with Crippen LogP contribution in [0.15, 0.2) is 30.7 Å². The Labute approximate surface area is 336 Å². The summed E-state index contributed by atoms with van der Waals surface area (Å²) in [7, 11) is 0. The predicted molar refractivity (Wildman–Crippen MR) is 238 cm³/mol. The third kappa shape index (κ3) is 14.9. The van der Waals surface area contributed by atoms with E-state index in [-0.39, 0.29) is 10.9 Å². The van der Waals surface area contributed by atoms with E-state index in [9.17, 15) is 9.59 Å². The minimum absolute atomic E-state index is 0.123. The molecule has 4 heteroatoms. The van der Waals surface area contributed by atoms with E-state index in [1.54, 1.807) is 0 Å². The van der Waals surface area contributed by atoms with Crippen molar-refractivity contribution in [3.05, 3.63) is 52.7 Å². The lowest BCUT2D eigenvalue weighted by molar-refractivity contribution is 0.402. The van der Waals surface area contributed by atoms with Crippen molar-refractivity contribution in [3.63, 3.8) is 0 Å². The maximum Gasteiger partial charge on any atom is 0.200 e. The number of benzene rings is 1. The summed E-state index contributed by atoms with van der Waals surface area (Å²) in [5.74, 6) is 1.08. The smallest absolute Gasteiger partial charge is 0.200 e. The number of fused-ring (bicyclic) bond motifs is 2. The van der Waals surface area contributed by atoms with Crippen LogP contribution >= 0.6 is 31.9 Å². The van der Waals surface area contributed by atoms with Crippen molar-refractivity contribution in [2.75, 3.05) is 0 Å². The highest BCUT2D eigenvalue weighted by molar-refractivity contribution is 9.10. The lowest BCUT2D eigenvalue weighted by Gasteiger charge is -2.22. The first-order valence-corrected chi connectivity index (χ1v) is 24.0. The summed E-state index contributed by atoms with van der Waals surface area (Å²) in [6.45, 7) is 9.15. The predicted octanol–water partition coefficient (Wildman–Crippen LogP) is 16.4. The van der Waals surface area contributed by atoms with Crippen LogP contribution in [0.3, 0.4) is 0 Å². The van der Waals surface area contributed by atoms with Gasteiger partial charge in [-0.25, -0.2) is 0 Å². The third-order valence-electron chi connectivity index (χ3n) is 12.1. The average Bonchev–Trinajstić information content (AvgIpc) is 3.61. The maximum atomic E-state index is 14.1. The molecule has 2 nitrogen and oxygen atoms in total. The standard InChI is InChI=1S/C48H76Br2O2/c1-5-9-13-17-19-21-23-27-31-37(29-25-15-11-7-3)33-39-41-35-43(49)48(52)46(41)40(42-36-44(50)47(51)45(39)42)34-38(30-26-16-12-8-4)32-28-24-22-20-18-14-10-6-2/h35-38H,5-34H2,1-4H3. The number of unbranched alkanes of at least 4 members (excludes halogenated alkanes) is 20. The minimum Gasteiger partial charge on any atom is -0.288 e. The molecular weight excluding hydrogens is 768 g/mol. The first-order chi connectivity index (χ1) is 25.4. The first-order valence-electron chi connectivity index (χ1n) is 22.4. The summed E-state index contributed by atoms with van der Waals surface area (Å²) in [5, 5.41) is 3.91. The van der Waals surface area contributed by atoms with Crippen LogP contribution in [0.1, 0.15) is 219 Å². The van der Waals surface area contributed by atoms with Gasteiger partial charge in [0.2, 0.25) is 10.9 Å². The SMILES string of the molecule is CCCCCCCCCCC(CCCCCC)Cc1c2cc(Br)c(=O)c2c(CC(CCCCCC)CCCCCCCCCC)c2cc(Br)c(=O)c12. The van der Waals surface area contributed by atoms with Crippen molar-refractivity contribution in [3.8, 4) is 0 Å². The second kappa shape index (κ2) is 26.7. The molecule has 294 valence electrons. The Hall–Kier alpha value is -1.00. The van der Waals surface area contributed by atoms with Crippen molar-refractivity contribution < 1.29 is 0 Å². The molecule has 2 unspecified atom stereocenters. The second-order valence-corrected chi connectivity index (χ2v) is 18.3. The quantitative estimate of drug-likeness (QED) is 0.0587. The monoisotopic (exact) mass is 842 g/mol. The number of hydrogen-bond acceptors (Lipinski definition) is 2. The van der Waals surface area contributed by atoms with Gasteiger partial charge in [-0.15, -0.1) is 0 Å². The van der Waals surface area contributed by atoms with Crippen molar-refractivity contribution in [1.29, 1.82) is 0 Å². The molecule has 3 rings (SSSR count). The molecule has 0 heterocycles. The van der Waals surface area contributed by atoms with Crippen LogP contribution < -0.4 is 10.9 Å². The molecule has 0 fully saturated rings. The Balaban J connectivity index is 1.91. The van der Waals surface area contributed by atoms with Gasteiger partial charge in [0.15, 0.2) is 0 Å². The highest BCUT2D eigenvalue weighted by atomic mass is 79.9. The van der Waals surface area contributed by atoms with Crippen LogP contribution in [0.2, 0.25) is 0 Å². The molecule has 0 spiro atoms. The van der Waals surface area contributed by atoms with Gasteiger partial charge in [-0.3, -0.25) is 9.59 Å². The Bertz CT molecular complexity index is 1370. The summed E-state index contributed by atoms with van der Waals surface area (Å²) in [6.07, 6.45) is 38.2. The van der Waals surface area contributed by atoms with Gasteiger partial charge in [0.25, 0.3) is 0 Å². The lowest BCUT2D eigenvalue weighted by atomic mass is 9.82. The van der Waals surface area contributed by atoms with E-state index in [0.717, 1.165) is 45.5 Å². The molecule has 3 aromatic rings. The minimum atomic E-state index is 0.123. The van der Waals surface area contributed by atoms with Crippen LogP contribution in [-0.4, -0.2) is 0 Å². The Morgan fingerprint density at radius 3 is 0.942 bits per heavy atom. The molecule has 0 aromatic heterocycles. The van der Waals surface area contributed by atoms with Gasteiger partial charge in [-0.2, -0.15) is 0 Å². The average molecular weight is 845 g/mol. The molecule has 2 atom stereocenters. The molecule has 52 heavy (non-hydrogen) atoms. The van der Waals surface area contributed by atoms with E-state index >= 15 is 0 Å². The fraction of sp³-hybridized carbons (Fsp3) is 0.750. The largest absolute Gasteiger partial charge is 0.288 e. The summed E-state index contributed by atoms with van der Waals surface area (Å²) in [6, 6.07) is 4.16. The second-order valence-electron chi connectivity index (χ2n) is 16.5. The summed E-state index contributed by atoms with van der Waals surface area (Å²) in [5.41, 5.74) is 2.54. The molecule has 0 saturated heterocycles. The zero-order valence-corrected chi connectivity index (χ0v) is 37.3. The molecule has 3 aromatic carbocycles. The van der Waals surface area contributed by atoms with Crippen molar-refractivity contribution in [2.45, 2.75) is 220 Å². The zero-order chi connectivity index (χ0) is 37.6. The van der Waals surface area contributed by atoms with Gasteiger partial charge in [0, 0.05) is 10.8 Å². The van der Waals surface area contributed by atoms with Crippen LogP contribution in [0.25, 0.3) is 21.5 Å². The van der Waals surface area contributed by atoms with Gasteiger partial charge >= 0.3 is 0 Å². The number of rotatable bonds is 32. The number of halogens is 2. The van der Waals surface area contributed by atoms with Gasteiger partial charge in [-0.1, -0.05) is 207 Å². The Kier molecular flexibility index (Phi) is 23.3. The van der Waals surface area contributed by atoms with Crippen LogP contribution in [-0.2, 0) is 12.8 Å². The fourth-order valence-corrected chi connectivity index (χ4v) is 9.76. The van der Waals surface area contributed by atoms with Crippen molar-refractivity contribution in [2.24, 2.45) is 11.8 Å². The number of hydrogen-bond donors (Lipinski definition) is 0. The van der Waals surface area contributed by atoms with Gasteiger partial charge < -0.3 is 0 Å². The van der Waals surface area contributed by atoms with Crippen molar-refractivity contribution in [1.82, 2.24) is 0 Å². The van der Waals surface area contributed by atoms with Crippen molar-refractivity contribution >= 4 is 53.4 Å². The first kappa shape index (κ1) is 45.4. The highest BCUT2D eigenvalue weighted by Gasteiger charge is 2.26. The molecule has 0 amide bonds. The lowest BCUT2D eigenvalue weighted by Crippen LogP contribution is -2.12. The van der Waals surface area contributed by atoms with E-state index in [2.05, 4.69) is 71.7 Å². The molecule has 0 N–H and O–H groups in total. The molecule has 0 radical (unpaired) electrons. The van der Waals surface area contributed by atoms with Gasteiger partial charge in [-0.05, 0) is 90.6 Å². The zero-order valence-electron chi connectivity index (χ0n) is 34.1.